The van der Waals surface area contributed by atoms with Crippen LogP contribution in [0.2, 0.25) is 0 Å². The molecule has 0 bridgehead atoms. The van der Waals surface area contributed by atoms with Crippen molar-refractivity contribution in [3.63, 3.8) is 0 Å². The molecular weight excluding hydrogens is 418 g/mol. The van der Waals surface area contributed by atoms with Crippen molar-refractivity contribution in [1.82, 2.24) is 14.8 Å². The van der Waals surface area contributed by atoms with E-state index in [0.29, 0.717) is 0 Å². The zero-order valence-electron chi connectivity index (χ0n) is 19.3. The summed E-state index contributed by atoms with van der Waals surface area (Å²) < 4.78 is 5.32. The van der Waals surface area contributed by atoms with Gasteiger partial charge in [0.1, 0.15) is 10.8 Å². The Morgan fingerprint density at radius 2 is 1.78 bits per heavy atom. The van der Waals surface area contributed by atoms with E-state index in [9.17, 15) is 4.79 Å². The fourth-order valence-corrected chi connectivity index (χ4v) is 4.74. The molecule has 2 aromatic carbocycles. The van der Waals surface area contributed by atoms with E-state index in [1.807, 2.05) is 35.2 Å². The van der Waals surface area contributed by atoms with Crippen molar-refractivity contribution in [3.8, 4) is 17.0 Å². The van der Waals surface area contributed by atoms with E-state index in [0.717, 1.165) is 60.3 Å². The molecule has 3 aromatic rings. The van der Waals surface area contributed by atoms with E-state index in [-0.39, 0.29) is 11.3 Å². The number of nitrogens with zero attached hydrogens (tertiary/aromatic N) is 3. The van der Waals surface area contributed by atoms with Gasteiger partial charge in [-0.1, -0.05) is 45.0 Å². The van der Waals surface area contributed by atoms with Crippen molar-refractivity contribution >= 4 is 17.2 Å². The Balaban J connectivity index is 1.32. The summed E-state index contributed by atoms with van der Waals surface area (Å²) in [5.41, 5.74) is 4.16. The van der Waals surface area contributed by atoms with E-state index in [1.54, 1.807) is 18.4 Å². The molecule has 1 aliphatic heterocycles. The highest BCUT2D eigenvalue weighted by atomic mass is 32.1. The molecule has 1 aromatic heterocycles. The first-order valence-electron chi connectivity index (χ1n) is 11.0. The summed E-state index contributed by atoms with van der Waals surface area (Å²) in [6, 6.07) is 16.1. The van der Waals surface area contributed by atoms with Crippen molar-refractivity contribution in [2.75, 3.05) is 33.3 Å². The van der Waals surface area contributed by atoms with E-state index in [1.165, 1.54) is 5.56 Å². The normalized spacial score (nSPS) is 15.1. The number of rotatable bonds is 5. The lowest BCUT2D eigenvalue weighted by Crippen LogP contribution is -2.48. The van der Waals surface area contributed by atoms with Crippen LogP contribution in [-0.2, 0) is 12.0 Å². The Hall–Kier alpha value is -2.70. The van der Waals surface area contributed by atoms with Gasteiger partial charge in [-0.05, 0) is 35.2 Å². The molecule has 0 unspecified atom stereocenters. The Morgan fingerprint density at radius 1 is 1.06 bits per heavy atom. The molecule has 1 amide bonds. The number of thiazole rings is 1. The molecular formula is C26H31N3O2S. The molecule has 0 radical (unpaired) electrons. The van der Waals surface area contributed by atoms with Gasteiger partial charge >= 0.3 is 0 Å². The van der Waals surface area contributed by atoms with Gasteiger partial charge in [0.25, 0.3) is 5.91 Å². The topological polar surface area (TPSA) is 45.7 Å². The number of methoxy groups -OCH3 is 1. The summed E-state index contributed by atoms with van der Waals surface area (Å²) in [7, 11) is 1.68. The lowest BCUT2D eigenvalue weighted by atomic mass is 9.86. The summed E-state index contributed by atoms with van der Waals surface area (Å²) in [6.07, 6.45) is 0. The predicted octanol–water partition coefficient (Wildman–Crippen LogP) is 5.07. The van der Waals surface area contributed by atoms with Gasteiger partial charge in [0.05, 0.1) is 19.3 Å². The van der Waals surface area contributed by atoms with Gasteiger partial charge in [-0.25, -0.2) is 4.98 Å². The van der Waals surface area contributed by atoms with E-state index in [4.69, 9.17) is 9.72 Å². The van der Waals surface area contributed by atoms with Crippen LogP contribution >= 0.6 is 11.3 Å². The van der Waals surface area contributed by atoms with Gasteiger partial charge in [-0.2, -0.15) is 0 Å². The molecule has 5 nitrogen and oxygen atoms in total. The molecule has 0 N–H and O–H groups in total. The van der Waals surface area contributed by atoms with Crippen LogP contribution in [0.5, 0.6) is 5.75 Å². The van der Waals surface area contributed by atoms with Crippen LogP contribution in [0.4, 0.5) is 0 Å². The number of aromatic nitrogens is 1. The zero-order chi connectivity index (χ0) is 22.7. The van der Waals surface area contributed by atoms with Crippen LogP contribution in [0.15, 0.2) is 53.9 Å². The highest BCUT2D eigenvalue weighted by Gasteiger charge is 2.23. The summed E-state index contributed by atoms with van der Waals surface area (Å²) in [6.45, 7) is 10.6. The van der Waals surface area contributed by atoms with Crippen molar-refractivity contribution in [3.05, 3.63) is 70.0 Å². The average Bonchev–Trinajstić information content (AvgIpc) is 3.27. The third-order valence-corrected chi connectivity index (χ3v) is 6.77. The fraction of sp³-hybridized carbons (Fsp3) is 0.385. The fourth-order valence-electron chi connectivity index (χ4n) is 3.89. The number of benzene rings is 2. The molecule has 32 heavy (non-hydrogen) atoms. The summed E-state index contributed by atoms with van der Waals surface area (Å²) in [4.78, 5) is 22.1. The van der Waals surface area contributed by atoms with Gasteiger partial charge in [-0.3, -0.25) is 9.69 Å². The van der Waals surface area contributed by atoms with E-state index >= 15 is 0 Å². The maximum atomic E-state index is 12.9. The smallest absolute Gasteiger partial charge is 0.253 e. The van der Waals surface area contributed by atoms with Gasteiger partial charge in [0, 0.05) is 42.7 Å². The number of piperazine rings is 1. The second-order valence-corrected chi connectivity index (χ2v) is 10.2. The van der Waals surface area contributed by atoms with Crippen molar-refractivity contribution in [2.45, 2.75) is 32.7 Å². The Kier molecular flexibility index (Phi) is 6.63. The van der Waals surface area contributed by atoms with E-state index < -0.39 is 0 Å². The largest absolute Gasteiger partial charge is 0.497 e. The molecule has 2 heterocycles. The molecule has 0 spiro atoms. The lowest BCUT2D eigenvalue weighted by Gasteiger charge is -2.34. The number of ether oxygens (including phenoxy) is 1. The molecule has 1 aliphatic rings. The second-order valence-electron chi connectivity index (χ2n) is 9.25. The van der Waals surface area contributed by atoms with Crippen LogP contribution in [-0.4, -0.2) is 54.0 Å². The number of amides is 1. The van der Waals surface area contributed by atoms with Crippen LogP contribution in [0, 0.1) is 0 Å². The average molecular weight is 450 g/mol. The number of hydrogen-bond donors (Lipinski definition) is 0. The highest BCUT2D eigenvalue weighted by molar-refractivity contribution is 7.09. The monoisotopic (exact) mass is 449 g/mol. The van der Waals surface area contributed by atoms with Gasteiger partial charge in [-0.15, -0.1) is 11.3 Å². The first-order valence-corrected chi connectivity index (χ1v) is 11.9. The summed E-state index contributed by atoms with van der Waals surface area (Å²) >= 11 is 1.68. The lowest BCUT2D eigenvalue weighted by molar-refractivity contribution is 0.0628. The van der Waals surface area contributed by atoms with Crippen LogP contribution in [0.1, 0.15) is 41.7 Å². The first kappa shape index (κ1) is 22.5. The molecule has 0 atom stereocenters. The molecule has 0 saturated carbocycles. The number of hydrogen-bond acceptors (Lipinski definition) is 5. The minimum absolute atomic E-state index is 0.0927. The number of carbonyl (C=O) groups excluding carboxylic acids is 1. The molecule has 1 saturated heterocycles. The zero-order valence-corrected chi connectivity index (χ0v) is 20.1. The summed E-state index contributed by atoms with van der Waals surface area (Å²) in [5, 5.41) is 3.20. The molecule has 1 fully saturated rings. The van der Waals surface area contributed by atoms with Crippen LogP contribution in [0.3, 0.4) is 0 Å². The van der Waals surface area contributed by atoms with Crippen LogP contribution in [0.25, 0.3) is 11.3 Å². The van der Waals surface area contributed by atoms with Crippen molar-refractivity contribution in [1.29, 1.82) is 0 Å². The maximum Gasteiger partial charge on any atom is 0.253 e. The minimum atomic E-state index is 0.0927. The maximum absolute atomic E-state index is 12.9. The molecule has 168 valence electrons. The highest BCUT2D eigenvalue weighted by Crippen LogP contribution is 2.26. The van der Waals surface area contributed by atoms with Gasteiger partial charge in [0.2, 0.25) is 0 Å². The Morgan fingerprint density at radius 3 is 2.44 bits per heavy atom. The standard InChI is InChI=1S/C26H31N3O2S/c1-26(2,3)21-10-8-19(9-11-21)25(30)29-14-12-28(13-15-29)17-24-27-23(18-32-24)20-6-5-7-22(16-20)31-4/h5-11,16,18H,12-15,17H2,1-4H3. The molecule has 6 heteroatoms. The van der Waals surface area contributed by atoms with Gasteiger partial charge in [0.15, 0.2) is 0 Å². The SMILES string of the molecule is COc1cccc(-c2csc(CN3CCN(C(=O)c4ccc(C(C)(C)C)cc4)CC3)n2)c1. The van der Waals surface area contributed by atoms with E-state index in [2.05, 4.69) is 49.3 Å². The Labute approximate surface area is 194 Å². The quantitative estimate of drug-likeness (QED) is 0.545. The first-order chi connectivity index (χ1) is 15.3. The minimum Gasteiger partial charge on any atom is -0.497 e. The third kappa shape index (κ3) is 5.19. The number of carbonyl (C=O) groups is 1. The van der Waals surface area contributed by atoms with Crippen molar-refractivity contribution in [2.24, 2.45) is 0 Å². The second kappa shape index (κ2) is 9.43. The van der Waals surface area contributed by atoms with Gasteiger partial charge < -0.3 is 9.64 Å². The summed E-state index contributed by atoms with van der Waals surface area (Å²) in [5.74, 6) is 0.963. The van der Waals surface area contributed by atoms with Crippen molar-refractivity contribution < 1.29 is 9.53 Å². The van der Waals surface area contributed by atoms with Crippen LogP contribution < -0.4 is 4.74 Å². The third-order valence-electron chi connectivity index (χ3n) is 5.93. The molecule has 4 rings (SSSR count). The molecule has 0 aliphatic carbocycles. The predicted molar refractivity (Wildman–Crippen MR) is 130 cm³/mol. The Bertz CT molecular complexity index is 1060.